The standard InChI is InChI=1S/C15H16ClNO3S/c1-2-10-20-15-9-8-12(16)11-14(15)17-21(18,19)13-6-4-3-5-7-13/h3-9,11,17H,2,10H2,1H3. The lowest BCUT2D eigenvalue weighted by Crippen LogP contribution is -2.14. The minimum Gasteiger partial charge on any atom is -0.491 e. The maximum Gasteiger partial charge on any atom is 0.262 e. The molecular weight excluding hydrogens is 310 g/mol. The first-order chi connectivity index (χ1) is 10.0. The fourth-order valence-electron chi connectivity index (χ4n) is 1.72. The van der Waals surface area contributed by atoms with Gasteiger partial charge in [0.25, 0.3) is 10.0 Å². The Morgan fingerprint density at radius 3 is 2.52 bits per heavy atom. The summed E-state index contributed by atoms with van der Waals surface area (Å²) in [4.78, 5) is 0.186. The highest BCUT2D eigenvalue weighted by Crippen LogP contribution is 2.30. The number of anilines is 1. The van der Waals surface area contributed by atoms with E-state index in [4.69, 9.17) is 16.3 Å². The molecular formula is C15H16ClNO3S. The van der Waals surface area contributed by atoms with Gasteiger partial charge in [-0.1, -0.05) is 36.7 Å². The second kappa shape index (κ2) is 6.83. The van der Waals surface area contributed by atoms with Crippen LogP contribution in [0.5, 0.6) is 5.75 Å². The minimum atomic E-state index is -3.67. The third kappa shape index (κ3) is 4.12. The van der Waals surface area contributed by atoms with E-state index in [-0.39, 0.29) is 4.90 Å². The topological polar surface area (TPSA) is 55.4 Å². The van der Waals surface area contributed by atoms with Crippen molar-refractivity contribution in [2.45, 2.75) is 18.2 Å². The van der Waals surface area contributed by atoms with Crippen LogP contribution in [0.2, 0.25) is 5.02 Å². The summed E-state index contributed by atoms with van der Waals surface area (Å²) >= 11 is 5.94. The number of sulfonamides is 1. The molecule has 0 saturated heterocycles. The average molecular weight is 326 g/mol. The zero-order valence-corrected chi connectivity index (χ0v) is 13.1. The van der Waals surface area contributed by atoms with Crippen molar-refractivity contribution in [1.82, 2.24) is 0 Å². The van der Waals surface area contributed by atoms with Crippen LogP contribution in [0.4, 0.5) is 5.69 Å². The number of halogens is 1. The predicted molar refractivity (Wildman–Crippen MR) is 84.5 cm³/mol. The molecule has 0 atom stereocenters. The molecule has 4 nitrogen and oxygen atoms in total. The van der Waals surface area contributed by atoms with Crippen LogP contribution in [-0.2, 0) is 10.0 Å². The summed E-state index contributed by atoms with van der Waals surface area (Å²) in [6, 6.07) is 13.0. The Balaban J connectivity index is 2.32. The fraction of sp³-hybridized carbons (Fsp3) is 0.200. The third-order valence-electron chi connectivity index (χ3n) is 2.70. The quantitative estimate of drug-likeness (QED) is 0.875. The number of ether oxygens (including phenoxy) is 1. The van der Waals surface area contributed by atoms with E-state index in [0.29, 0.717) is 23.1 Å². The molecule has 1 N–H and O–H groups in total. The van der Waals surface area contributed by atoms with Crippen molar-refractivity contribution in [3.05, 3.63) is 53.6 Å². The molecule has 0 radical (unpaired) electrons. The number of nitrogens with one attached hydrogen (secondary N) is 1. The predicted octanol–water partition coefficient (Wildman–Crippen LogP) is 3.93. The molecule has 0 fully saturated rings. The van der Waals surface area contributed by atoms with E-state index in [1.165, 1.54) is 18.2 Å². The molecule has 21 heavy (non-hydrogen) atoms. The second-order valence-electron chi connectivity index (χ2n) is 4.41. The monoisotopic (exact) mass is 325 g/mol. The molecule has 0 bridgehead atoms. The largest absolute Gasteiger partial charge is 0.491 e. The molecule has 0 unspecified atom stereocenters. The van der Waals surface area contributed by atoms with Gasteiger partial charge < -0.3 is 4.74 Å². The molecule has 112 valence electrons. The van der Waals surface area contributed by atoms with Gasteiger partial charge in [-0.2, -0.15) is 0 Å². The zero-order chi connectivity index (χ0) is 15.3. The Morgan fingerprint density at radius 1 is 1.14 bits per heavy atom. The maximum absolute atomic E-state index is 12.3. The molecule has 2 rings (SSSR count). The molecule has 0 amide bonds. The van der Waals surface area contributed by atoms with Crippen LogP contribution in [0.15, 0.2) is 53.4 Å². The Morgan fingerprint density at radius 2 is 1.86 bits per heavy atom. The first-order valence-electron chi connectivity index (χ1n) is 6.53. The smallest absolute Gasteiger partial charge is 0.262 e. The average Bonchev–Trinajstić information content (AvgIpc) is 2.47. The first-order valence-corrected chi connectivity index (χ1v) is 8.39. The Hall–Kier alpha value is -1.72. The lowest BCUT2D eigenvalue weighted by Gasteiger charge is -2.13. The van der Waals surface area contributed by atoms with E-state index < -0.39 is 10.0 Å². The van der Waals surface area contributed by atoms with Crippen LogP contribution in [0.1, 0.15) is 13.3 Å². The van der Waals surface area contributed by atoms with Gasteiger partial charge in [0.15, 0.2) is 0 Å². The van der Waals surface area contributed by atoms with E-state index in [1.807, 2.05) is 6.92 Å². The summed E-state index contributed by atoms with van der Waals surface area (Å²) < 4.78 is 32.7. The summed E-state index contributed by atoms with van der Waals surface area (Å²) in [7, 11) is -3.67. The van der Waals surface area contributed by atoms with Gasteiger partial charge in [0.1, 0.15) is 5.75 Å². The summed E-state index contributed by atoms with van der Waals surface area (Å²) in [5.41, 5.74) is 0.333. The van der Waals surface area contributed by atoms with Gasteiger partial charge in [-0.3, -0.25) is 4.72 Å². The molecule has 2 aromatic rings. The summed E-state index contributed by atoms with van der Waals surface area (Å²) in [6.07, 6.45) is 0.827. The fourth-order valence-corrected chi connectivity index (χ4v) is 2.98. The van der Waals surface area contributed by atoms with E-state index in [2.05, 4.69) is 4.72 Å². The molecule has 0 aliphatic rings. The van der Waals surface area contributed by atoms with Gasteiger partial charge in [0.2, 0.25) is 0 Å². The molecule has 0 spiro atoms. The van der Waals surface area contributed by atoms with Gasteiger partial charge in [-0.15, -0.1) is 0 Å². The highest BCUT2D eigenvalue weighted by Gasteiger charge is 2.16. The summed E-state index contributed by atoms with van der Waals surface area (Å²) in [5, 5.41) is 0.435. The molecule has 0 saturated carbocycles. The van der Waals surface area contributed by atoms with Gasteiger partial charge in [0.05, 0.1) is 17.2 Å². The molecule has 2 aromatic carbocycles. The second-order valence-corrected chi connectivity index (χ2v) is 6.53. The van der Waals surface area contributed by atoms with Crippen molar-refractivity contribution in [2.24, 2.45) is 0 Å². The minimum absolute atomic E-state index is 0.186. The van der Waals surface area contributed by atoms with Crippen LogP contribution < -0.4 is 9.46 Å². The van der Waals surface area contributed by atoms with Crippen LogP contribution >= 0.6 is 11.6 Å². The highest BCUT2D eigenvalue weighted by atomic mass is 35.5. The molecule has 0 aromatic heterocycles. The van der Waals surface area contributed by atoms with Gasteiger partial charge >= 0.3 is 0 Å². The van der Waals surface area contributed by atoms with Gasteiger partial charge in [-0.25, -0.2) is 8.42 Å². The van der Waals surface area contributed by atoms with Crippen molar-refractivity contribution in [1.29, 1.82) is 0 Å². The number of rotatable bonds is 6. The Kier molecular flexibility index (Phi) is 5.09. The highest BCUT2D eigenvalue weighted by molar-refractivity contribution is 7.92. The Labute approximate surface area is 129 Å². The first kappa shape index (κ1) is 15.7. The van der Waals surface area contributed by atoms with Crippen LogP contribution in [-0.4, -0.2) is 15.0 Å². The van der Waals surface area contributed by atoms with Crippen molar-refractivity contribution in [3.8, 4) is 5.75 Å². The zero-order valence-electron chi connectivity index (χ0n) is 11.5. The number of hydrogen-bond donors (Lipinski definition) is 1. The lowest BCUT2D eigenvalue weighted by atomic mass is 10.3. The van der Waals surface area contributed by atoms with Crippen molar-refractivity contribution < 1.29 is 13.2 Å². The van der Waals surface area contributed by atoms with Crippen LogP contribution in [0, 0.1) is 0 Å². The van der Waals surface area contributed by atoms with Crippen LogP contribution in [0.3, 0.4) is 0 Å². The number of hydrogen-bond acceptors (Lipinski definition) is 3. The van der Waals surface area contributed by atoms with E-state index >= 15 is 0 Å². The Bertz CT molecular complexity index is 702. The van der Waals surface area contributed by atoms with E-state index in [0.717, 1.165) is 6.42 Å². The van der Waals surface area contributed by atoms with Crippen molar-refractivity contribution >= 4 is 27.3 Å². The third-order valence-corrected chi connectivity index (χ3v) is 4.32. The van der Waals surface area contributed by atoms with Crippen molar-refractivity contribution in [2.75, 3.05) is 11.3 Å². The molecule has 6 heteroatoms. The molecule has 0 heterocycles. The van der Waals surface area contributed by atoms with Gasteiger partial charge in [-0.05, 0) is 36.8 Å². The molecule has 0 aliphatic carbocycles. The van der Waals surface area contributed by atoms with Crippen LogP contribution in [0.25, 0.3) is 0 Å². The summed E-state index contributed by atoms with van der Waals surface area (Å²) in [6.45, 7) is 2.48. The van der Waals surface area contributed by atoms with E-state index in [9.17, 15) is 8.42 Å². The van der Waals surface area contributed by atoms with E-state index in [1.54, 1.807) is 30.3 Å². The summed E-state index contributed by atoms with van der Waals surface area (Å²) in [5.74, 6) is 0.459. The number of benzene rings is 2. The maximum atomic E-state index is 12.3. The SMILES string of the molecule is CCCOc1ccc(Cl)cc1NS(=O)(=O)c1ccccc1. The van der Waals surface area contributed by atoms with Crippen molar-refractivity contribution in [3.63, 3.8) is 0 Å². The lowest BCUT2D eigenvalue weighted by molar-refractivity contribution is 0.319. The molecule has 0 aliphatic heterocycles. The van der Waals surface area contributed by atoms with Gasteiger partial charge in [0, 0.05) is 5.02 Å². The normalized spacial score (nSPS) is 11.1.